The van der Waals surface area contributed by atoms with Crippen LogP contribution in [-0.4, -0.2) is 17.8 Å². The number of anilines is 1. The minimum absolute atomic E-state index is 0.289. The Labute approximate surface area is 152 Å². The Bertz CT molecular complexity index is 820. The second-order valence-corrected chi connectivity index (χ2v) is 6.82. The van der Waals surface area contributed by atoms with Crippen molar-refractivity contribution in [2.45, 2.75) is 6.92 Å². The Balaban J connectivity index is 1.88. The van der Waals surface area contributed by atoms with Crippen molar-refractivity contribution in [3.63, 3.8) is 0 Å². The number of halogens is 1. The zero-order valence-corrected chi connectivity index (χ0v) is 15.3. The van der Waals surface area contributed by atoms with Crippen LogP contribution in [0.25, 0.3) is 6.08 Å². The maximum absolute atomic E-state index is 12.6. The standard InChI is InChI=1S/C18H14BrNO3S/c1-2-23-15-9-8-12(10-14(15)19)11-16-17(21)20(18(22)24-16)13-6-4-3-5-7-13/h3-11H,2H2,1H3. The van der Waals surface area contributed by atoms with E-state index in [2.05, 4.69) is 15.9 Å². The molecule has 1 aliphatic rings. The number of rotatable bonds is 4. The minimum atomic E-state index is -0.304. The van der Waals surface area contributed by atoms with Gasteiger partial charge in [0, 0.05) is 0 Å². The van der Waals surface area contributed by atoms with E-state index in [0.29, 0.717) is 17.2 Å². The predicted molar refractivity (Wildman–Crippen MR) is 100 cm³/mol. The molecule has 0 saturated carbocycles. The van der Waals surface area contributed by atoms with Crippen LogP contribution in [0.4, 0.5) is 10.5 Å². The molecule has 0 N–H and O–H groups in total. The molecule has 24 heavy (non-hydrogen) atoms. The van der Waals surface area contributed by atoms with E-state index >= 15 is 0 Å². The first-order valence-electron chi connectivity index (χ1n) is 7.35. The SMILES string of the molecule is CCOc1ccc(C=C2SC(=O)N(c3ccccc3)C2=O)cc1Br. The van der Waals surface area contributed by atoms with Crippen molar-refractivity contribution in [1.29, 1.82) is 0 Å². The van der Waals surface area contributed by atoms with Gasteiger partial charge < -0.3 is 4.74 Å². The van der Waals surface area contributed by atoms with E-state index in [1.54, 1.807) is 30.3 Å². The minimum Gasteiger partial charge on any atom is -0.493 e. The molecule has 2 aromatic carbocycles. The summed E-state index contributed by atoms with van der Waals surface area (Å²) < 4.78 is 6.28. The Morgan fingerprint density at radius 1 is 1.17 bits per heavy atom. The van der Waals surface area contributed by atoms with Crippen molar-refractivity contribution in [2.24, 2.45) is 0 Å². The number of benzene rings is 2. The van der Waals surface area contributed by atoms with Crippen molar-refractivity contribution < 1.29 is 14.3 Å². The fourth-order valence-electron chi connectivity index (χ4n) is 2.30. The second-order valence-electron chi connectivity index (χ2n) is 4.98. The van der Waals surface area contributed by atoms with Gasteiger partial charge in [0.1, 0.15) is 5.75 Å². The summed E-state index contributed by atoms with van der Waals surface area (Å²) in [6.45, 7) is 2.49. The fourth-order valence-corrected chi connectivity index (χ4v) is 3.65. The Kier molecular flexibility index (Phi) is 5.06. The van der Waals surface area contributed by atoms with Crippen molar-refractivity contribution in [3.8, 4) is 5.75 Å². The lowest BCUT2D eigenvalue weighted by molar-refractivity contribution is -0.113. The van der Waals surface area contributed by atoms with Gasteiger partial charge in [-0.05, 0) is 70.5 Å². The molecule has 1 heterocycles. The molecule has 2 amide bonds. The summed E-state index contributed by atoms with van der Waals surface area (Å²) >= 11 is 4.39. The van der Waals surface area contributed by atoms with E-state index in [-0.39, 0.29) is 11.1 Å². The normalized spacial score (nSPS) is 16.1. The number of carbonyl (C=O) groups is 2. The molecule has 1 saturated heterocycles. The number of thioether (sulfide) groups is 1. The highest BCUT2D eigenvalue weighted by Crippen LogP contribution is 2.36. The first-order chi connectivity index (χ1) is 11.6. The molecule has 0 radical (unpaired) electrons. The third-order valence-corrected chi connectivity index (χ3v) is 4.85. The van der Waals surface area contributed by atoms with Gasteiger partial charge in [-0.15, -0.1) is 0 Å². The van der Waals surface area contributed by atoms with Gasteiger partial charge in [-0.3, -0.25) is 9.59 Å². The van der Waals surface area contributed by atoms with E-state index in [4.69, 9.17) is 4.74 Å². The quantitative estimate of drug-likeness (QED) is 0.667. The fraction of sp³-hybridized carbons (Fsp3) is 0.111. The molecule has 4 nitrogen and oxygen atoms in total. The number of nitrogens with zero attached hydrogens (tertiary/aromatic N) is 1. The molecular formula is C18H14BrNO3S. The smallest absolute Gasteiger partial charge is 0.298 e. The van der Waals surface area contributed by atoms with Crippen LogP contribution in [0.15, 0.2) is 57.9 Å². The van der Waals surface area contributed by atoms with Crippen molar-refractivity contribution in [3.05, 3.63) is 63.5 Å². The Morgan fingerprint density at radius 2 is 1.92 bits per heavy atom. The van der Waals surface area contributed by atoms with Gasteiger partial charge in [-0.25, -0.2) is 4.90 Å². The highest BCUT2D eigenvalue weighted by atomic mass is 79.9. The molecule has 0 spiro atoms. The molecule has 0 atom stereocenters. The zero-order valence-electron chi connectivity index (χ0n) is 12.9. The second kappa shape index (κ2) is 7.23. The van der Waals surface area contributed by atoms with E-state index in [1.165, 1.54) is 4.90 Å². The number of imide groups is 1. The van der Waals surface area contributed by atoms with Gasteiger partial charge in [0.15, 0.2) is 0 Å². The predicted octanol–water partition coefficient (Wildman–Crippen LogP) is 5.09. The number of para-hydroxylation sites is 1. The largest absolute Gasteiger partial charge is 0.493 e. The van der Waals surface area contributed by atoms with Crippen LogP contribution >= 0.6 is 27.7 Å². The molecule has 2 aromatic rings. The van der Waals surface area contributed by atoms with Crippen LogP contribution in [-0.2, 0) is 4.79 Å². The summed E-state index contributed by atoms with van der Waals surface area (Å²) in [4.78, 5) is 26.3. The van der Waals surface area contributed by atoms with Crippen LogP contribution in [0, 0.1) is 0 Å². The topological polar surface area (TPSA) is 46.6 Å². The molecule has 122 valence electrons. The summed E-state index contributed by atoms with van der Waals surface area (Å²) in [5.41, 5.74) is 1.40. The third-order valence-electron chi connectivity index (χ3n) is 3.36. The highest BCUT2D eigenvalue weighted by molar-refractivity contribution is 9.10. The molecule has 0 aromatic heterocycles. The molecule has 0 unspecified atom stereocenters. The summed E-state index contributed by atoms with van der Waals surface area (Å²) in [5, 5.41) is -0.289. The van der Waals surface area contributed by atoms with Gasteiger partial charge in [0.25, 0.3) is 11.1 Å². The van der Waals surface area contributed by atoms with E-state index in [9.17, 15) is 9.59 Å². The lowest BCUT2D eigenvalue weighted by Gasteiger charge is -2.11. The molecule has 1 aliphatic heterocycles. The van der Waals surface area contributed by atoms with Crippen molar-refractivity contribution in [2.75, 3.05) is 11.5 Å². The van der Waals surface area contributed by atoms with E-state index in [0.717, 1.165) is 27.5 Å². The van der Waals surface area contributed by atoms with Crippen LogP contribution in [0.1, 0.15) is 12.5 Å². The van der Waals surface area contributed by atoms with E-state index < -0.39 is 0 Å². The Morgan fingerprint density at radius 3 is 2.58 bits per heavy atom. The summed E-state index contributed by atoms with van der Waals surface area (Å²) in [6.07, 6.45) is 1.72. The number of hydrogen-bond acceptors (Lipinski definition) is 4. The highest BCUT2D eigenvalue weighted by Gasteiger charge is 2.36. The number of ether oxygens (including phenoxy) is 1. The molecule has 1 fully saturated rings. The lowest BCUT2D eigenvalue weighted by atomic mass is 10.2. The van der Waals surface area contributed by atoms with Crippen LogP contribution in [0.3, 0.4) is 0 Å². The summed E-state index contributed by atoms with van der Waals surface area (Å²) in [5.74, 6) is 0.438. The van der Waals surface area contributed by atoms with Crippen LogP contribution < -0.4 is 9.64 Å². The summed E-state index contributed by atoms with van der Waals surface area (Å²) in [6, 6.07) is 14.5. The molecule has 3 rings (SSSR count). The van der Waals surface area contributed by atoms with Crippen LogP contribution in [0.5, 0.6) is 5.75 Å². The average Bonchev–Trinajstić information content (AvgIpc) is 2.85. The van der Waals surface area contributed by atoms with Crippen molar-refractivity contribution >= 4 is 50.6 Å². The molecule has 0 bridgehead atoms. The molecular weight excluding hydrogens is 390 g/mol. The first-order valence-corrected chi connectivity index (χ1v) is 8.96. The third kappa shape index (κ3) is 3.39. The van der Waals surface area contributed by atoms with Crippen molar-refractivity contribution in [1.82, 2.24) is 0 Å². The monoisotopic (exact) mass is 403 g/mol. The summed E-state index contributed by atoms with van der Waals surface area (Å²) in [7, 11) is 0. The number of carbonyl (C=O) groups excluding carboxylic acids is 2. The van der Waals surface area contributed by atoms with Gasteiger partial charge >= 0.3 is 0 Å². The van der Waals surface area contributed by atoms with Gasteiger partial charge in [-0.1, -0.05) is 24.3 Å². The maximum atomic E-state index is 12.6. The van der Waals surface area contributed by atoms with Gasteiger partial charge in [0.05, 0.1) is 21.7 Å². The average molecular weight is 404 g/mol. The van der Waals surface area contributed by atoms with Gasteiger partial charge in [0.2, 0.25) is 0 Å². The molecule has 0 aliphatic carbocycles. The van der Waals surface area contributed by atoms with Gasteiger partial charge in [-0.2, -0.15) is 0 Å². The molecule has 6 heteroatoms. The lowest BCUT2D eigenvalue weighted by Crippen LogP contribution is -2.27. The first kappa shape index (κ1) is 16.8. The number of hydrogen-bond donors (Lipinski definition) is 0. The maximum Gasteiger partial charge on any atom is 0.298 e. The van der Waals surface area contributed by atoms with Crippen LogP contribution in [0.2, 0.25) is 0 Å². The zero-order chi connectivity index (χ0) is 17.1. The number of amides is 2. The van der Waals surface area contributed by atoms with E-state index in [1.807, 2.05) is 31.2 Å². The Hall–Kier alpha value is -2.05.